The second kappa shape index (κ2) is 7.45. The Morgan fingerprint density at radius 1 is 1.33 bits per heavy atom. The molecule has 1 aliphatic carbocycles. The van der Waals surface area contributed by atoms with Gasteiger partial charge >= 0.3 is 11.9 Å². The molecule has 116 valence electrons. The Kier molecular flexibility index (Phi) is 5.61. The first kappa shape index (κ1) is 15.8. The molecule has 2 N–H and O–H groups in total. The van der Waals surface area contributed by atoms with Gasteiger partial charge in [0, 0.05) is 17.0 Å². The number of carboxylic acid groups (broad SMARTS) is 1. The van der Waals surface area contributed by atoms with E-state index in [0.717, 1.165) is 29.8 Å². The molecule has 21 heavy (non-hydrogen) atoms. The van der Waals surface area contributed by atoms with E-state index in [4.69, 9.17) is 9.84 Å². The lowest BCUT2D eigenvalue weighted by molar-refractivity contribution is -0.142. The number of rotatable bonds is 7. The van der Waals surface area contributed by atoms with E-state index in [1.807, 2.05) is 0 Å². The number of carbonyl (C=O) groups excluding carboxylic acids is 1. The maximum Gasteiger partial charge on any atom is 0.310 e. The van der Waals surface area contributed by atoms with Crippen LogP contribution in [0, 0.1) is 0 Å². The van der Waals surface area contributed by atoms with Crippen LogP contribution in [0.4, 0.5) is 5.00 Å². The number of thiophene rings is 1. The molecule has 6 heteroatoms. The molecule has 1 aliphatic rings. The zero-order chi connectivity index (χ0) is 15.2. The Morgan fingerprint density at radius 2 is 2.10 bits per heavy atom. The first-order chi connectivity index (χ1) is 10.1. The minimum absolute atomic E-state index is 0.0708. The number of fused-ring (bicyclic) bond motifs is 1. The van der Waals surface area contributed by atoms with Crippen molar-refractivity contribution in [2.24, 2.45) is 0 Å². The van der Waals surface area contributed by atoms with Crippen molar-refractivity contribution < 1.29 is 19.4 Å². The Balaban J connectivity index is 2.15. The fourth-order valence-electron chi connectivity index (χ4n) is 2.60. The van der Waals surface area contributed by atoms with Crippen molar-refractivity contribution in [2.75, 3.05) is 18.5 Å². The molecular weight excluding hydrogens is 290 g/mol. The SMILES string of the molecule is CCOC(=O)Cc1c(NCCC(=O)O)sc2c1CCCC2. The standard InChI is InChI=1S/C15H21NO4S/c1-2-20-14(19)9-11-10-5-3-4-6-12(10)21-15(11)16-8-7-13(17)18/h16H,2-9H2,1H3,(H,17,18). The van der Waals surface area contributed by atoms with Gasteiger partial charge in [0.1, 0.15) is 0 Å². The molecule has 0 amide bonds. The van der Waals surface area contributed by atoms with Crippen LogP contribution >= 0.6 is 11.3 Å². The second-order valence-electron chi connectivity index (χ2n) is 5.07. The van der Waals surface area contributed by atoms with Gasteiger partial charge in [0.15, 0.2) is 0 Å². The minimum atomic E-state index is -0.823. The van der Waals surface area contributed by atoms with Crippen molar-refractivity contribution in [3.63, 3.8) is 0 Å². The maximum absolute atomic E-state index is 11.8. The number of nitrogens with one attached hydrogen (secondary N) is 1. The van der Waals surface area contributed by atoms with Gasteiger partial charge in [-0.2, -0.15) is 0 Å². The molecule has 0 saturated carbocycles. The highest BCUT2D eigenvalue weighted by Gasteiger charge is 2.22. The number of carboxylic acids is 1. The predicted octanol–water partition coefficient (Wildman–Crippen LogP) is 2.62. The van der Waals surface area contributed by atoms with Crippen LogP contribution in [0.25, 0.3) is 0 Å². The number of anilines is 1. The summed E-state index contributed by atoms with van der Waals surface area (Å²) in [5, 5.41) is 12.8. The van der Waals surface area contributed by atoms with Gasteiger partial charge in [0.25, 0.3) is 0 Å². The monoisotopic (exact) mass is 311 g/mol. The molecule has 0 spiro atoms. The Morgan fingerprint density at radius 3 is 2.81 bits per heavy atom. The topological polar surface area (TPSA) is 75.6 Å². The van der Waals surface area contributed by atoms with E-state index >= 15 is 0 Å². The number of hydrogen-bond donors (Lipinski definition) is 2. The van der Waals surface area contributed by atoms with E-state index in [1.165, 1.54) is 16.9 Å². The third-order valence-electron chi connectivity index (χ3n) is 3.53. The van der Waals surface area contributed by atoms with Crippen LogP contribution in [0.2, 0.25) is 0 Å². The van der Waals surface area contributed by atoms with Crippen LogP contribution in [-0.2, 0) is 33.6 Å². The first-order valence-electron chi connectivity index (χ1n) is 7.36. The normalized spacial score (nSPS) is 13.6. The van der Waals surface area contributed by atoms with Gasteiger partial charge in [-0.1, -0.05) is 0 Å². The molecular formula is C15H21NO4S. The largest absolute Gasteiger partial charge is 0.481 e. The number of aliphatic carboxylic acids is 1. The molecule has 1 heterocycles. The molecule has 0 bridgehead atoms. The first-order valence-corrected chi connectivity index (χ1v) is 8.18. The fourth-order valence-corrected chi connectivity index (χ4v) is 3.93. The highest BCUT2D eigenvalue weighted by molar-refractivity contribution is 7.16. The molecule has 0 radical (unpaired) electrons. The summed E-state index contributed by atoms with van der Waals surface area (Å²) >= 11 is 1.66. The number of esters is 1. The molecule has 5 nitrogen and oxygen atoms in total. The summed E-state index contributed by atoms with van der Waals surface area (Å²) in [4.78, 5) is 23.7. The molecule has 0 atom stereocenters. The number of carbonyl (C=O) groups is 2. The molecule has 0 saturated heterocycles. The molecule has 0 aliphatic heterocycles. The highest BCUT2D eigenvalue weighted by atomic mass is 32.1. The van der Waals surface area contributed by atoms with E-state index in [9.17, 15) is 9.59 Å². The minimum Gasteiger partial charge on any atom is -0.481 e. The van der Waals surface area contributed by atoms with Crippen molar-refractivity contribution in [3.8, 4) is 0 Å². The Labute approximate surface area is 128 Å². The lowest BCUT2D eigenvalue weighted by Gasteiger charge is -2.13. The zero-order valence-corrected chi connectivity index (χ0v) is 13.1. The maximum atomic E-state index is 11.8. The van der Waals surface area contributed by atoms with E-state index in [0.29, 0.717) is 13.2 Å². The van der Waals surface area contributed by atoms with E-state index in [-0.39, 0.29) is 18.8 Å². The summed E-state index contributed by atoms with van der Waals surface area (Å²) in [6.45, 7) is 2.56. The quantitative estimate of drug-likeness (QED) is 0.757. The lowest BCUT2D eigenvalue weighted by Crippen LogP contribution is -2.12. The van der Waals surface area contributed by atoms with Gasteiger partial charge in [-0.25, -0.2) is 0 Å². The number of aryl methyl sites for hydroxylation is 1. The average Bonchev–Trinajstić information content (AvgIpc) is 2.77. The number of ether oxygens (including phenoxy) is 1. The predicted molar refractivity (Wildman–Crippen MR) is 82.0 cm³/mol. The van der Waals surface area contributed by atoms with Gasteiger partial charge in [0.05, 0.1) is 24.4 Å². The summed E-state index contributed by atoms with van der Waals surface area (Å²) in [6.07, 6.45) is 4.73. The van der Waals surface area contributed by atoms with Crippen LogP contribution < -0.4 is 5.32 Å². The highest BCUT2D eigenvalue weighted by Crippen LogP contribution is 2.38. The van der Waals surface area contributed by atoms with Crippen molar-refractivity contribution in [1.29, 1.82) is 0 Å². The van der Waals surface area contributed by atoms with Gasteiger partial charge in [-0.3, -0.25) is 9.59 Å². The molecule has 1 aromatic rings. The van der Waals surface area contributed by atoms with Gasteiger partial charge < -0.3 is 15.2 Å². The van der Waals surface area contributed by atoms with Crippen molar-refractivity contribution in [3.05, 3.63) is 16.0 Å². The summed E-state index contributed by atoms with van der Waals surface area (Å²) in [5.41, 5.74) is 2.29. The van der Waals surface area contributed by atoms with Crippen molar-refractivity contribution >= 4 is 28.3 Å². The van der Waals surface area contributed by atoms with E-state index in [1.54, 1.807) is 18.3 Å². The zero-order valence-electron chi connectivity index (χ0n) is 12.2. The van der Waals surface area contributed by atoms with Crippen LogP contribution in [0.15, 0.2) is 0 Å². The van der Waals surface area contributed by atoms with Crippen LogP contribution in [-0.4, -0.2) is 30.2 Å². The molecule has 1 aromatic heterocycles. The summed E-state index contributed by atoms with van der Waals surface area (Å²) in [7, 11) is 0. The van der Waals surface area contributed by atoms with Gasteiger partial charge in [-0.15, -0.1) is 11.3 Å². The van der Waals surface area contributed by atoms with Crippen LogP contribution in [0.5, 0.6) is 0 Å². The van der Waals surface area contributed by atoms with Crippen LogP contribution in [0.3, 0.4) is 0 Å². The number of hydrogen-bond acceptors (Lipinski definition) is 5. The molecule has 0 aromatic carbocycles. The third-order valence-corrected chi connectivity index (χ3v) is 4.82. The average molecular weight is 311 g/mol. The van der Waals surface area contributed by atoms with Crippen molar-refractivity contribution in [1.82, 2.24) is 0 Å². The molecule has 2 rings (SSSR count). The second-order valence-corrected chi connectivity index (χ2v) is 6.18. The van der Waals surface area contributed by atoms with Crippen molar-refractivity contribution in [2.45, 2.75) is 45.4 Å². The smallest absolute Gasteiger partial charge is 0.310 e. The summed E-state index contributed by atoms with van der Waals surface area (Å²) in [6, 6.07) is 0. The summed E-state index contributed by atoms with van der Waals surface area (Å²) < 4.78 is 5.05. The van der Waals surface area contributed by atoms with Crippen LogP contribution in [0.1, 0.15) is 42.2 Å². The van der Waals surface area contributed by atoms with E-state index in [2.05, 4.69) is 5.32 Å². The third kappa shape index (κ3) is 4.20. The Bertz CT molecular complexity index is 524. The fraction of sp³-hybridized carbons (Fsp3) is 0.600. The summed E-state index contributed by atoms with van der Waals surface area (Å²) in [5.74, 6) is -1.04. The lowest BCUT2D eigenvalue weighted by atomic mass is 9.94. The molecule has 0 unspecified atom stereocenters. The van der Waals surface area contributed by atoms with Gasteiger partial charge in [0.2, 0.25) is 0 Å². The Hall–Kier alpha value is -1.56. The molecule has 0 fully saturated rings. The van der Waals surface area contributed by atoms with E-state index < -0.39 is 5.97 Å². The van der Waals surface area contributed by atoms with Gasteiger partial charge in [-0.05, 0) is 38.2 Å².